The Kier molecular flexibility index (Phi) is 5.01. The number of carbonyl (C=O) groups excluding carboxylic acids is 1. The van der Waals surface area contributed by atoms with Crippen LogP contribution in [0.2, 0.25) is 0 Å². The normalized spacial score (nSPS) is 22.6. The minimum atomic E-state index is -0.250. The van der Waals surface area contributed by atoms with Gasteiger partial charge in [-0.05, 0) is 24.8 Å². The van der Waals surface area contributed by atoms with E-state index < -0.39 is 0 Å². The van der Waals surface area contributed by atoms with Crippen molar-refractivity contribution in [1.82, 2.24) is 4.90 Å². The molecule has 0 aromatic heterocycles. The molecule has 1 heterocycles. The lowest BCUT2D eigenvalue weighted by atomic mass is 9.86. The lowest BCUT2D eigenvalue weighted by Crippen LogP contribution is -2.55. The van der Waals surface area contributed by atoms with Crippen LogP contribution in [0.25, 0.3) is 0 Å². The first-order valence-electron chi connectivity index (χ1n) is 7.37. The summed E-state index contributed by atoms with van der Waals surface area (Å²) in [6, 6.07) is 9.73. The summed E-state index contributed by atoms with van der Waals surface area (Å²) in [6.45, 7) is 3.80. The minimum absolute atomic E-state index is 0.237. The molecule has 4 nitrogen and oxygen atoms in total. The van der Waals surface area contributed by atoms with Crippen LogP contribution >= 0.6 is 0 Å². The van der Waals surface area contributed by atoms with Gasteiger partial charge in [-0.2, -0.15) is 0 Å². The predicted octanol–water partition coefficient (Wildman–Crippen LogP) is 2.92. The molecule has 1 aliphatic rings. The second kappa shape index (κ2) is 6.75. The molecule has 1 aromatic rings. The van der Waals surface area contributed by atoms with Crippen LogP contribution in [0.15, 0.2) is 30.3 Å². The predicted molar refractivity (Wildman–Crippen MR) is 79.3 cm³/mol. The second-order valence-electron chi connectivity index (χ2n) is 5.68. The molecule has 0 bridgehead atoms. The summed E-state index contributed by atoms with van der Waals surface area (Å²) in [7, 11) is 0. The Labute approximate surface area is 120 Å². The number of benzene rings is 1. The van der Waals surface area contributed by atoms with Gasteiger partial charge in [0.25, 0.3) is 0 Å². The van der Waals surface area contributed by atoms with Crippen LogP contribution < -0.4 is 5.73 Å². The molecule has 110 valence electrons. The van der Waals surface area contributed by atoms with Crippen molar-refractivity contribution in [3.8, 4) is 0 Å². The van der Waals surface area contributed by atoms with Gasteiger partial charge in [-0.15, -0.1) is 0 Å². The molecule has 1 atom stereocenters. The van der Waals surface area contributed by atoms with E-state index in [-0.39, 0.29) is 11.6 Å². The number of nitrogens with zero attached hydrogens (tertiary/aromatic N) is 1. The van der Waals surface area contributed by atoms with Crippen molar-refractivity contribution >= 4 is 6.09 Å². The number of piperidine rings is 1. The first-order chi connectivity index (χ1) is 9.63. The highest BCUT2D eigenvalue weighted by Crippen LogP contribution is 2.23. The van der Waals surface area contributed by atoms with Crippen molar-refractivity contribution in [2.75, 3.05) is 13.1 Å². The zero-order valence-electron chi connectivity index (χ0n) is 12.2. The first kappa shape index (κ1) is 14.9. The Balaban J connectivity index is 1.86. The van der Waals surface area contributed by atoms with Gasteiger partial charge in [0.1, 0.15) is 6.61 Å². The number of likely N-dealkylation sites (tertiary alicyclic amines) is 1. The van der Waals surface area contributed by atoms with E-state index in [0.717, 1.165) is 37.8 Å². The van der Waals surface area contributed by atoms with Crippen molar-refractivity contribution in [2.24, 2.45) is 5.73 Å². The van der Waals surface area contributed by atoms with Gasteiger partial charge in [-0.25, -0.2) is 4.79 Å². The summed E-state index contributed by atoms with van der Waals surface area (Å²) in [4.78, 5) is 13.9. The third-order valence-corrected chi connectivity index (χ3v) is 3.82. The van der Waals surface area contributed by atoms with E-state index >= 15 is 0 Å². The van der Waals surface area contributed by atoms with E-state index in [0.29, 0.717) is 13.2 Å². The van der Waals surface area contributed by atoms with E-state index in [1.165, 1.54) is 0 Å². The molecule has 2 rings (SSSR count). The highest BCUT2D eigenvalue weighted by molar-refractivity contribution is 5.68. The maximum absolute atomic E-state index is 12.1. The number of rotatable bonds is 4. The van der Waals surface area contributed by atoms with Crippen LogP contribution in [0.1, 0.15) is 38.2 Å². The van der Waals surface area contributed by atoms with Crippen LogP contribution in [0.3, 0.4) is 0 Å². The van der Waals surface area contributed by atoms with Crippen LogP contribution in [0, 0.1) is 0 Å². The molecule has 1 fully saturated rings. The summed E-state index contributed by atoms with van der Waals surface area (Å²) in [5.41, 5.74) is 7.12. The van der Waals surface area contributed by atoms with E-state index in [2.05, 4.69) is 6.92 Å². The molecule has 0 aliphatic carbocycles. The second-order valence-corrected chi connectivity index (χ2v) is 5.68. The van der Waals surface area contributed by atoms with Gasteiger partial charge in [0.2, 0.25) is 0 Å². The lowest BCUT2D eigenvalue weighted by molar-refractivity contribution is 0.0715. The zero-order valence-corrected chi connectivity index (χ0v) is 12.2. The molecule has 1 unspecified atom stereocenters. The summed E-state index contributed by atoms with van der Waals surface area (Å²) in [5, 5.41) is 0. The largest absolute Gasteiger partial charge is 0.445 e. The number of amides is 1. The van der Waals surface area contributed by atoms with Crippen LogP contribution in [-0.2, 0) is 11.3 Å². The summed E-state index contributed by atoms with van der Waals surface area (Å²) in [6.07, 6.45) is 3.69. The fourth-order valence-corrected chi connectivity index (χ4v) is 2.83. The molecule has 1 saturated heterocycles. The van der Waals surface area contributed by atoms with Gasteiger partial charge in [0.05, 0.1) is 0 Å². The van der Waals surface area contributed by atoms with Gasteiger partial charge in [-0.3, -0.25) is 0 Å². The van der Waals surface area contributed by atoms with Gasteiger partial charge < -0.3 is 15.4 Å². The monoisotopic (exact) mass is 276 g/mol. The maximum atomic E-state index is 12.1. The Bertz CT molecular complexity index is 431. The molecule has 4 heteroatoms. The lowest BCUT2D eigenvalue weighted by Gasteiger charge is -2.39. The van der Waals surface area contributed by atoms with Crippen molar-refractivity contribution in [3.63, 3.8) is 0 Å². The number of hydrogen-bond donors (Lipinski definition) is 1. The Hall–Kier alpha value is -1.55. The van der Waals surface area contributed by atoms with Gasteiger partial charge in [0.15, 0.2) is 0 Å². The van der Waals surface area contributed by atoms with Crippen LogP contribution in [-0.4, -0.2) is 29.6 Å². The number of ether oxygens (including phenoxy) is 1. The number of hydrogen-bond acceptors (Lipinski definition) is 3. The fraction of sp³-hybridized carbons (Fsp3) is 0.562. The molecule has 0 saturated carbocycles. The zero-order chi connectivity index (χ0) is 14.4. The van der Waals surface area contributed by atoms with E-state index in [1.807, 2.05) is 30.3 Å². The fourth-order valence-electron chi connectivity index (χ4n) is 2.83. The Morgan fingerprint density at radius 2 is 2.15 bits per heavy atom. The number of nitrogens with two attached hydrogens (primary N) is 1. The molecular weight excluding hydrogens is 252 g/mol. The van der Waals surface area contributed by atoms with E-state index in [4.69, 9.17) is 10.5 Å². The van der Waals surface area contributed by atoms with Crippen molar-refractivity contribution in [1.29, 1.82) is 0 Å². The first-order valence-corrected chi connectivity index (χ1v) is 7.37. The highest BCUT2D eigenvalue weighted by atomic mass is 16.6. The van der Waals surface area contributed by atoms with Crippen molar-refractivity contribution in [2.45, 2.75) is 44.8 Å². The average molecular weight is 276 g/mol. The Morgan fingerprint density at radius 3 is 2.85 bits per heavy atom. The Morgan fingerprint density at radius 1 is 1.40 bits per heavy atom. The van der Waals surface area contributed by atoms with Crippen LogP contribution in [0.4, 0.5) is 4.79 Å². The molecule has 1 aliphatic heterocycles. The van der Waals surface area contributed by atoms with Crippen LogP contribution in [0.5, 0.6) is 0 Å². The third kappa shape index (κ3) is 3.97. The molecule has 0 radical (unpaired) electrons. The standard InChI is InChI=1S/C16H24N2O2/c1-2-9-16(17)10-6-11-18(13-16)15(19)20-12-14-7-4-3-5-8-14/h3-5,7-8H,2,6,9-13,17H2,1H3. The molecule has 0 spiro atoms. The third-order valence-electron chi connectivity index (χ3n) is 3.82. The topological polar surface area (TPSA) is 55.6 Å². The molecule has 2 N–H and O–H groups in total. The summed E-state index contributed by atoms with van der Waals surface area (Å²) < 4.78 is 5.37. The maximum Gasteiger partial charge on any atom is 0.410 e. The summed E-state index contributed by atoms with van der Waals surface area (Å²) in [5.74, 6) is 0. The van der Waals surface area contributed by atoms with Crippen molar-refractivity contribution < 1.29 is 9.53 Å². The molecule has 1 aromatic carbocycles. The van der Waals surface area contributed by atoms with Gasteiger partial charge in [0, 0.05) is 18.6 Å². The van der Waals surface area contributed by atoms with Gasteiger partial charge in [-0.1, -0.05) is 43.7 Å². The quantitative estimate of drug-likeness (QED) is 0.920. The van der Waals surface area contributed by atoms with E-state index in [9.17, 15) is 4.79 Å². The molecular formula is C16H24N2O2. The molecule has 20 heavy (non-hydrogen) atoms. The number of carbonyl (C=O) groups is 1. The summed E-state index contributed by atoms with van der Waals surface area (Å²) >= 11 is 0. The SMILES string of the molecule is CCCC1(N)CCCN(C(=O)OCc2ccccc2)C1. The van der Waals surface area contributed by atoms with Crippen molar-refractivity contribution in [3.05, 3.63) is 35.9 Å². The highest BCUT2D eigenvalue weighted by Gasteiger charge is 2.33. The minimum Gasteiger partial charge on any atom is -0.445 e. The van der Waals surface area contributed by atoms with Gasteiger partial charge >= 0.3 is 6.09 Å². The molecule has 1 amide bonds. The van der Waals surface area contributed by atoms with E-state index in [1.54, 1.807) is 4.90 Å². The smallest absolute Gasteiger partial charge is 0.410 e. The average Bonchev–Trinajstić information content (AvgIpc) is 2.46.